The largest absolute Gasteiger partial charge is 0.312 e. The average molecular weight is 419 g/mol. The van der Waals surface area contributed by atoms with E-state index in [1.165, 1.54) is 0 Å². The van der Waals surface area contributed by atoms with Crippen molar-refractivity contribution in [3.8, 4) is 0 Å². The van der Waals surface area contributed by atoms with Gasteiger partial charge in [-0.2, -0.15) is 0 Å². The van der Waals surface area contributed by atoms with Crippen LogP contribution < -0.4 is 9.62 Å². The van der Waals surface area contributed by atoms with Crippen LogP contribution in [0.4, 0.5) is 11.4 Å². The van der Waals surface area contributed by atoms with Crippen LogP contribution in [-0.4, -0.2) is 20.9 Å². The molecule has 0 saturated heterocycles. The molecule has 148 valence electrons. The highest BCUT2D eigenvalue weighted by Crippen LogP contribution is 2.37. The first-order valence-corrected chi connectivity index (χ1v) is 11.4. The maximum atomic E-state index is 13.0. The summed E-state index contributed by atoms with van der Waals surface area (Å²) < 4.78 is 28.6. The molecule has 0 bridgehead atoms. The third kappa shape index (κ3) is 3.63. The molecule has 28 heavy (non-hydrogen) atoms. The van der Waals surface area contributed by atoms with E-state index in [0.29, 0.717) is 28.4 Å². The number of nitrogens with one attached hydrogen (secondary N) is 1. The highest BCUT2D eigenvalue weighted by Gasteiger charge is 2.35. The fourth-order valence-corrected chi connectivity index (χ4v) is 5.25. The van der Waals surface area contributed by atoms with Crippen molar-refractivity contribution in [2.45, 2.75) is 44.4 Å². The smallest absolute Gasteiger partial charge is 0.262 e. The number of fused-ring (bicyclic) bond motifs is 1. The van der Waals surface area contributed by atoms with Crippen LogP contribution in [0, 0.1) is 19.8 Å². The van der Waals surface area contributed by atoms with E-state index in [1.54, 1.807) is 38.1 Å². The minimum atomic E-state index is -3.76. The van der Waals surface area contributed by atoms with Gasteiger partial charge in [-0.1, -0.05) is 17.7 Å². The molecule has 1 N–H and O–H groups in total. The van der Waals surface area contributed by atoms with Crippen LogP contribution in [0.3, 0.4) is 0 Å². The number of carbonyl (C=O) groups excluding carboxylic acids is 1. The molecule has 0 spiro atoms. The Hall–Kier alpha value is -2.05. The number of benzene rings is 2. The number of nitrogens with zero attached hydrogens (tertiary/aromatic N) is 1. The second-order valence-electron chi connectivity index (χ2n) is 7.68. The molecule has 0 radical (unpaired) electrons. The molecular formula is C21H23ClN2O3S. The quantitative estimate of drug-likeness (QED) is 0.797. The van der Waals surface area contributed by atoms with Crippen molar-refractivity contribution in [1.82, 2.24) is 0 Å². The SMILES string of the molecule is Cc1cc(S(=O)(=O)Nc2ccc3c(c2)N(C(=O)C2CC2)CCC3)c(C)cc1Cl. The molecule has 7 heteroatoms. The van der Waals surface area contributed by atoms with Crippen LogP contribution in [0.25, 0.3) is 0 Å². The number of hydrogen-bond donors (Lipinski definition) is 1. The lowest BCUT2D eigenvalue weighted by atomic mass is 10.0. The summed E-state index contributed by atoms with van der Waals surface area (Å²) in [5, 5.41) is 0.541. The van der Waals surface area contributed by atoms with Crippen LogP contribution >= 0.6 is 11.6 Å². The summed E-state index contributed by atoms with van der Waals surface area (Å²) in [4.78, 5) is 14.7. The van der Waals surface area contributed by atoms with Gasteiger partial charge >= 0.3 is 0 Å². The first-order valence-electron chi connectivity index (χ1n) is 9.50. The summed E-state index contributed by atoms with van der Waals surface area (Å²) in [7, 11) is -3.76. The first kappa shape index (κ1) is 19.3. The van der Waals surface area contributed by atoms with E-state index >= 15 is 0 Å². The van der Waals surface area contributed by atoms with E-state index in [9.17, 15) is 13.2 Å². The molecule has 1 fully saturated rings. The lowest BCUT2D eigenvalue weighted by molar-refractivity contribution is -0.119. The fraction of sp³-hybridized carbons (Fsp3) is 0.381. The van der Waals surface area contributed by atoms with Crippen LogP contribution in [-0.2, 0) is 21.2 Å². The van der Waals surface area contributed by atoms with Gasteiger partial charge in [0.2, 0.25) is 5.91 Å². The standard InChI is InChI=1S/C21H23ClN2O3S/c1-13-11-20(14(2)10-18(13)22)28(26,27)23-17-8-7-15-4-3-9-24(19(15)12-17)21(25)16-5-6-16/h7-8,10-12,16,23H,3-6,9H2,1-2H3. The number of aryl methyl sites for hydroxylation is 3. The van der Waals surface area contributed by atoms with Crippen molar-refractivity contribution >= 4 is 38.9 Å². The van der Waals surface area contributed by atoms with Crippen LogP contribution in [0.5, 0.6) is 0 Å². The molecule has 2 aliphatic rings. The Bertz CT molecular complexity index is 1060. The Morgan fingerprint density at radius 3 is 2.61 bits per heavy atom. The highest BCUT2D eigenvalue weighted by molar-refractivity contribution is 7.92. The second-order valence-corrected chi connectivity index (χ2v) is 9.74. The summed E-state index contributed by atoms with van der Waals surface area (Å²) in [6, 6.07) is 8.71. The minimum Gasteiger partial charge on any atom is -0.312 e. The van der Waals surface area contributed by atoms with E-state index in [4.69, 9.17) is 11.6 Å². The van der Waals surface area contributed by atoms with Gasteiger partial charge in [0.25, 0.3) is 10.0 Å². The van der Waals surface area contributed by atoms with E-state index in [1.807, 2.05) is 11.0 Å². The number of carbonyl (C=O) groups is 1. The zero-order valence-electron chi connectivity index (χ0n) is 16.0. The predicted molar refractivity (Wildman–Crippen MR) is 112 cm³/mol. The third-order valence-corrected chi connectivity index (χ3v) is 7.32. The van der Waals surface area contributed by atoms with Gasteiger partial charge in [-0.15, -0.1) is 0 Å². The summed E-state index contributed by atoms with van der Waals surface area (Å²) in [6.45, 7) is 4.19. The molecule has 1 aliphatic heterocycles. The molecule has 0 aromatic heterocycles. The van der Waals surface area contributed by atoms with Crippen LogP contribution in [0.2, 0.25) is 5.02 Å². The van der Waals surface area contributed by atoms with E-state index in [-0.39, 0.29) is 16.7 Å². The Kier molecular flexibility index (Phi) is 4.88. The predicted octanol–water partition coefficient (Wildman–Crippen LogP) is 4.45. The number of sulfonamides is 1. The summed E-state index contributed by atoms with van der Waals surface area (Å²) in [5.41, 5.74) is 3.67. The molecule has 0 unspecified atom stereocenters. The number of amides is 1. The van der Waals surface area contributed by atoms with Gasteiger partial charge < -0.3 is 4.90 Å². The summed E-state index contributed by atoms with van der Waals surface area (Å²) in [5.74, 6) is 0.288. The van der Waals surface area contributed by atoms with Gasteiger partial charge in [-0.3, -0.25) is 9.52 Å². The number of anilines is 2. The van der Waals surface area contributed by atoms with Gasteiger partial charge in [0, 0.05) is 23.2 Å². The molecule has 1 aliphatic carbocycles. The minimum absolute atomic E-state index is 0.131. The summed E-state index contributed by atoms with van der Waals surface area (Å²) >= 11 is 6.10. The number of rotatable bonds is 4. The number of hydrogen-bond acceptors (Lipinski definition) is 3. The number of halogens is 1. The first-order chi connectivity index (χ1) is 13.3. The Balaban J connectivity index is 1.66. The molecule has 4 rings (SSSR count). The van der Waals surface area contributed by atoms with Crippen molar-refractivity contribution in [2.75, 3.05) is 16.2 Å². The zero-order chi connectivity index (χ0) is 20.1. The van der Waals surface area contributed by atoms with Gasteiger partial charge in [-0.25, -0.2) is 8.42 Å². The lowest BCUT2D eigenvalue weighted by Gasteiger charge is -2.30. The van der Waals surface area contributed by atoms with E-state index in [2.05, 4.69) is 4.72 Å². The lowest BCUT2D eigenvalue weighted by Crippen LogP contribution is -2.36. The normalized spacial score (nSPS) is 16.6. The average Bonchev–Trinajstić information content (AvgIpc) is 3.48. The molecule has 2 aromatic carbocycles. The van der Waals surface area contributed by atoms with Crippen molar-refractivity contribution in [1.29, 1.82) is 0 Å². The second kappa shape index (κ2) is 7.08. The van der Waals surface area contributed by atoms with Gasteiger partial charge in [0.15, 0.2) is 0 Å². The molecule has 0 atom stereocenters. The monoisotopic (exact) mass is 418 g/mol. The molecular weight excluding hydrogens is 396 g/mol. The maximum Gasteiger partial charge on any atom is 0.262 e. The van der Waals surface area contributed by atoms with E-state index < -0.39 is 10.0 Å². The zero-order valence-corrected chi connectivity index (χ0v) is 17.5. The highest BCUT2D eigenvalue weighted by atomic mass is 35.5. The Morgan fingerprint density at radius 2 is 1.89 bits per heavy atom. The van der Waals surface area contributed by atoms with Crippen LogP contribution in [0.1, 0.15) is 36.0 Å². The van der Waals surface area contributed by atoms with Crippen molar-refractivity contribution in [3.05, 3.63) is 52.0 Å². The fourth-order valence-electron chi connectivity index (χ4n) is 3.67. The van der Waals surface area contributed by atoms with Crippen molar-refractivity contribution in [2.24, 2.45) is 5.92 Å². The maximum absolute atomic E-state index is 13.0. The molecule has 1 amide bonds. The van der Waals surface area contributed by atoms with Crippen LogP contribution in [0.15, 0.2) is 35.2 Å². The third-order valence-electron chi connectivity index (χ3n) is 5.39. The molecule has 1 heterocycles. The summed E-state index contributed by atoms with van der Waals surface area (Å²) in [6.07, 6.45) is 3.73. The molecule has 1 saturated carbocycles. The Labute approximate surface area is 170 Å². The van der Waals surface area contributed by atoms with Gasteiger partial charge in [-0.05, 0) is 80.5 Å². The molecule has 5 nitrogen and oxygen atoms in total. The van der Waals surface area contributed by atoms with Crippen molar-refractivity contribution < 1.29 is 13.2 Å². The van der Waals surface area contributed by atoms with Gasteiger partial charge in [0.05, 0.1) is 10.6 Å². The Morgan fingerprint density at radius 1 is 1.14 bits per heavy atom. The van der Waals surface area contributed by atoms with E-state index in [0.717, 1.165) is 36.9 Å². The van der Waals surface area contributed by atoms with Crippen molar-refractivity contribution in [3.63, 3.8) is 0 Å². The topological polar surface area (TPSA) is 66.5 Å². The molecule has 2 aromatic rings. The van der Waals surface area contributed by atoms with Gasteiger partial charge in [0.1, 0.15) is 0 Å².